The largest absolute Gasteiger partial charge is 0.503 e. The molecule has 0 aliphatic heterocycles. The number of hydrogen-bond acceptors (Lipinski definition) is 6. The number of carbonyl (C=O) groups excluding carboxylic acids is 1. The summed E-state index contributed by atoms with van der Waals surface area (Å²) in [4.78, 5) is 15.7. The number of hydrogen-bond donors (Lipinski definition) is 1. The van der Waals surface area contributed by atoms with Gasteiger partial charge in [0.15, 0.2) is 5.75 Å². The molecule has 96 valence electrons. The normalized spacial score (nSPS) is 10.6. The first-order valence-electron chi connectivity index (χ1n) is 5.42. The lowest BCUT2D eigenvalue weighted by molar-refractivity contribution is 0.0488. The summed E-state index contributed by atoms with van der Waals surface area (Å²) >= 11 is 0. The molecule has 2 rings (SSSR count). The van der Waals surface area contributed by atoms with E-state index in [1.165, 1.54) is 7.11 Å². The zero-order valence-electron chi connectivity index (χ0n) is 10.3. The van der Waals surface area contributed by atoms with Crippen LogP contribution in [0.1, 0.15) is 23.2 Å². The lowest BCUT2D eigenvalue weighted by Crippen LogP contribution is -2.03. The number of nitrogens with zero attached hydrogens (tertiary/aromatic N) is 1. The number of fused-ring (bicyclic) bond motifs is 1. The quantitative estimate of drug-likeness (QED) is 0.840. The van der Waals surface area contributed by atoms with Crippen molar-refractivity contribution < 1.29 is 23.8 Å². The molecule has 18 heavy (non-hydrogen) atoms. The number of carbonyl (C=O) groups is 1. The first-order valence-corrected chi connectivity index (χ1v) is 5.42. The zero-order chi connectivity index (χ0) is 13.3. The van der Waals surface area contributed by atoms with Gasteiger partial charge >= 0.3 is 5.97 Å². The molecular formula is C12H13NO5. The number of methoxy groups -OCH3 is 1. The van der Waals surface area contributed by atoms with E-state index in [1.807, 2.05) is 0 Å². The van der Waals surface area contributed by atoms with Crippen molar-refractivity contribution in [2.24, 2.45) is 0 Å². The number of aromatic hydroxyl groups is 1. The van der Waals surface area contributed by atoms with Crippen LogP contribution in [0.15, 0.2) is 10.5 Å². The molecular weight excluding hydrogens is 238 g/mol. The molecule has 0 aliphatic rings. The van der Waals surface area contributed by atoms with E-state index in [2.05, 4.69) is 4.98 Å². The Kier molecular flexibility index (Phi) is 3.10. The monoisotopic (exact) mass is 251 g/mol. The van der Waals surface area contributed by atoms with Crippen LogP contribution in [-0.2, 0) is 4.74 Å². The fourth-order valence-corrected chi connectivity index (χ4v) is 1.66. The van der Waals surface area contributed by atoms with Crippen molar-refractivity contribution in [2.45, 2.75) is 13.8 Å². The molecule has 0 atom stereocenters. The van der Waals surface area contributed by atoms with Crippen molar-refractivity contribution >= 4 is 17.1 Å². The molecule has 6 nitrogen and oxygen atoms in total. The minimum absolute atomic E-state index is 0.146. The van der Waals surface area contributed by atoms with Crippen molar-refractivity contribution in [3.05, 3.63) is 17.5 Å². The van der Waals surface area contributed by atoms with Gasteiger partial charge in [-0.05, 0) is 13.8 Å². The van der Waals surface area contributed by atoms with Gasteiger partial charge < -0.3 is 19.0 Å². The molecule has 0 saturated heterocycles. The Morgan fingerprint density at radius 2 is 2.28 bits per heavy atom. The highest BCUT2D eigenvalue weighted by atomic mass is 16.5. The number of ether oxygens (including phenoxy) is 2. The van der Waals surface area contributed by atoms with Crippen LogP contribution in [0.5, 0.6) is 11.5 Å². The maximum absolute atomic E-state index is 11.6. The standard InChI is InChI=1S/C12H13NO5/c1-4-17-12(15)10-9(14)8-7(16-3)5-6(2)13-11(8)18-10/h5,14H,4H2,1-3H3. The summed E-state index contributed by atoms with van der Waals surface area (Å²) in [5.74, 6) is -0.905. The third-order valence-electron chi connectivity index (χ3n) is 2.41. The molecule has 0 bridgehead atoms. The van der Waals surface area contributed by atoms with E-state index < -0.39 is 5.97 Å². The number of furan rings is 1. The highest BCUT2D eigenvalue weighted by Crippen LogP contribution is 2.38. The Hall–Kier alpha value is -2.24. The molecule has 2 aromatic rings. The summed E-state index contributed by atoms with van der Waals surface area (Å²) in [5.41, 5.74) is 0.802. The lowest BCUT2D eigenvalue weighted by atomic mass is 10.2. The van der Waals surface area contributed by atoms with Crippen LogP contribution in [0.25, 0.3) is 11.1 Å². The molecule has 0 saturated carbocycles. The smallest absolute Gasteiger partial charge is 0.378 e. The predicted molar refractivity (Wildman–Crippen MR) is 62.9 cm³/mol. The van der Waals surface area contributed by atoms with Gasteiger partial charge in [0.1, 0.15) is 11.1 Å². The second-order valence-corrected chi connectivity index (χ2v) is 3.65. The van der Waals surface area contributed by atoms with Crippen molar-refractivity contribution in [3.8, 4) is 11.5 Å². The van der Waals surface area contributed by atoms with E-state index in [0.29, 0.717) is 11.4 Å². The molecule has 0 aromatic carbocycles. The van der Waals surface area contributed by atoms with Crippen LogP contribution in [0.2, 0.25) is 0 Å². The maximum Gasteiger partial charge on any atom is 0.378 e. The van der Waals surface area contributed by atoms with Gasteiger partial charge in [0, 0.05) is 11.8 Å². The molecule has 0 radical (unpaired) electrons. The first-order chi connectivity index (χ1) is 8.58. The van der Waals surface area contributed by atoms with Gasteiger partial charge in [0.05, 0.1) is 13.7 Å². The van der Waals surface area contributed by atoms with E-state index >= 15 is 0 Å². The summed E-state index contributed by atoms with van der Waals surface area (Å²) in [7, 11) is 1.46. The second-order valence-electron chi connectivity index (χ2n) is 3.65. The van der Waals surface area contributed by atoms with Gasteiger partial charge in [-0.3, -0.25) is 0 Å². The van der Waals surface area contributed by atoms with Crippen molar-refractivity contribution in [3.63, 3.8) is 0 Å². The van der Waals surface area contributed by atoms with E-state index in [9.17, 15) is 9.90 Å². The molecule has 0 unspecified atom stereocenters. The lowest BCUT2D eigenvalue weighted by Gasteiger charge is -2.01. The fraction of sp³-hybridized carbons (Fsp3) is 0.333. The molecule has 0 spiro atoms. The van der Waals surface area contributed by atoms with Gasteiger partial charge in [0.25, 0.3) is 5.76 Å². The fourth-order valence-electron chi connectivity index (χ4n) is 1.66. The van der Waals surface area contributed by atoms with Crippen LogP contribution in [0.4, 0.5) is 0 Å². The first kappa shape index (κ1) is 12.2. The van der Waals surface area contributed by atoms with Gasteiger partial charge in [-0.1, -0.05) is 0 Å². The van der Waals surface area contributed by atoms with Crippen molar-refractivity contribution in [1.82, 2.24) is 4.98 Å². The van der Waals surface area contributed by atoms with Gasteiger partial charge in [-0.15, -0.1) is 0 Å². The van der Waals surface area contributed by atoms with Crippen molar-refractivity contribution in [1.29, 1.82) is 0 Å². The zero-order valence-corrected chi connectivity index (χ0v) is 10.3. The maximum atomic E-state index is 11.6. The third-order valence-corrected chi connectivity index (χ3v) is 2.41. The Labute approximate surface area is 103 Å². The summed E-state index contributed by atoms with van der Waals surface area (Å²) in [6.45, 7) is 3.62. The van der Waals surface area contributed by atoms with Gasteiger partial charge in [-0.25, -0.2) is 9.78 Å². The number of aryl methyl sites for hydroxylation is 1. The van der Waals surface area contributed by atoms with Gasteiger partial charge in [0.2, 0.25) is 5.71 Å². The molecule has 6 heteroatoms. The molecule has 0 fully saturated rings. The summed E-state index contributed by atoms with van der Waals surface area (Å²) in [6.07, 6.45) is 0. The molecule has 1 N–H and O–H groups in total. The van der Waals surface area contributed by atoms with E-state index in [1.54, 1.807) is 19.9 Å². The average molecular weight is 251 g/mol. The van der Waals surface area contributed by atoms with Crippen LogP contribution in [0.3, 0.4) is 0 Å². The average Bonchev–Trinajstić information content (AvgIpc) is 2.66. The van der Waals surface area contributed by atoms with Crippen molar-refractivity contribution in [2.75, 3.05) is 13.7 Å². The second kappa shape index (κ2) is 4.56. The van der Waals surface area contributed by atoms with Crippen LogP contribution < -0.4 is 4.74 Å². The minimum atomic E-state index is -0.729. The number of aromatic nitrogens is 1. The van der Waals surface area contributed by atoms with Crippen LogP contribution in [-0.4, -0.2) is 29.8 Å². The molecule has 2 aromatic heterocycles. The highest BCUT2D eigenvalue weighted by Gasteiger charge is 2.25. The molecule has 2 heterocycles. The van der Waals surface area contributed by atoms with Gasteiger partial charge in [-0.2, -0.15) is 0 Å². The number of esters is 1. The third kappa shape index (κ3) is 1.85. The summed E-state index contributed by atoms with van der Waals surface area (Å²) in [5, 5.41) is 10.2. The van der Waals surface area contributed by atoms with E-state index in [-0.39, 0.29) is 29.2 Å². The number of rotatable bonds is 3. The summed E-state index contributed by atoms with van der Waals surface area (Å²) < 4.78 is 15.1. The van der Waals surface area contributed by atoms with E-state index in [4.69, 9.17) is 13.9 Å². The minimum Gasteiger partial charge on any atom is -0.503 e. The topological polar surface area (TPSA) is 81.8 Å². The molecule has 0 aliphatic carbocycles. The Morgan fingerprint density at radius 3 is 2.89 bits per heavy atom. The van der Waals surface area contributed by atoms with Crippen LogP contribution >= 0.6 is 0 Å². The number of pyridine rings is 1. The molecule has 0 amide bonds. The Morgan fingerprint density at radius 1 is 1.56 bits per heavy atom. The SMILES string of the molecule is CCOC(=O)c1oc2nc(C)cc(OC)c2c1O. The predicted octanol–water partition coefficient (Wildman–Crippen LogP) is 2.03. The summed E-state index contributed by atoms with van der Waals surface area (Å²) in [6, 6.07) is 1.65. The Bertz CT molecular complexity index is 602. The van der Waals surface area contributed by atoms with E-state index in [0.717, 1.165) is 0 Å². The Balaban J connectivity index is 2.66. The van der Waals surface area contributed by atoms with Crippen LogP contribution in [0, 0.1) is 6.92 Å². The highest BCUT2D eigenvalue weighted by molar-refractivity contribution is 5.99.